The Morgan fingerprint density at radius 2 is 2.10 bits per heavy atom. The molecule has 6 heteroatoms. The number of hydrogen-bond donors (Lipinski definition) is 2. The van der Waals surface area contributed by atoms with Crippen molar-refractivity contribution >= 4 is 34.9 Å². The lowest BCUT2D eigenvalue weighted by Gasteiger charge is -1.99. The Kier molecular flexibility index (Phi) is 2.53. The number of carbonyl (C=O) groups is 1. The van der Waals surface area contributed by atoms with Crippen molar-refractivity contribution in [1.29, 1.82) is 0 Å². The molecule has 2 N–H and O–H groups in total. The zero-order chi connectivity index (χ0) is 14.2. The van der Waals surface area contributed by atoms with Crippen LogP contribution in [-0.4, -0.2) is 27.1 Å². The van der Waals surface area contributed by atoms with E-state index in [9.17, 15) is 4.79 Å². The van der Waals surface area contributed by atoms with E-state index in [2.05, 4.69) is 25.3 Å². The average molecular weight is 277 g/mol. The van der Waals surface area contributed by atoms with Gasteiger partial charge in [-0.15, -0.1) is 0 Å². The second-order valence-electron chi connectivity index (χ2n) is 4.76. The van der Waals surface area contributed by atoms with Crippen molar-refractivity contribution in [2.75, 3.05) is 5.32 Å². The van der Waals surface area contributed by atoms with Crippen molar-refractivity contribution < 1.29 is 4.79 Å². The molecule has 102 valence electrons. The molecule has 4 rings (SSSR count). The number of benzene rings is 1. The van der Waals surface area contributed by atoms with Crippen LogP contribution in [0.4, 0.5) is 11.8 Å². The quantitative estimate of drug-likeness (QED) is 0.705. The highest BCUT2D eigenvalue weighted by Gasteiger charge is 2.29. The van der Waals surface area contributed by atoms with Crippen LogP contribution in [-0.2, 0) is 4.79 Å². The Balaban J connectivity index is 1.67. The maximum atomic E-state index is 12.0. The molecule has 0 bridgehead atoms. The number of anilines is 1. The number of nitrogens with one attached hydrogen (secondary N) is 2. The van der Waals surface area contributed by atoms with Crippen LogP contribution in [0, 0.1) is 0 Å². The SMILES string of the molecule is O=C1Nc2ncccc2C1C=Nc1nc2ccccc2[nH]1. The van der Waals surface area contributed by atoms with E-state index < -0.39 is 5.92 Å². The summed E-state index contributed by atoms with van der Waals surface area (Å²) in [5.41, 5.74) is 2.60. The molecule has 3 heterocycles. The number of hydrogen-bond acceptors (Lipinski definition) is 4. The van der Waals surface area contributed by atoms with Gasteiger partial charge in [-0.2, -0.15) is 0 Å². The predicted octanol–water partition coefficient (Wildman–Crippen LogP) is 2.40. The number of amides is 1. The van der Waals surface area contributed by atoms with Crippen molar-refractivity contribution in [3.63, 3.8) is 0 Å². The molecule has 1 amide bonds. The summed E-state index contributed by atoms with van der Waals surface area (Å²) in [5, 5.41) is 2.74. The lowest BCUT2D eigenvalue weighted by Crippen LogP contribution is -2.12. The van der Waals surface area contributed by atoms with E-state index in [4.69, 9.17) is 0 Å². The number of pyridine rings is 1. The number of imidazole rings is 1. The molecule has 1 aliphatic heterocycles. The van der Waals surface area contributed by atoms with Gasteiger partial charge < -0.3 is 10.3 Å². The Morgan fingerprint density at radius 1 is 1.19 bits per heavy atom. The molecule has 0 fully saturated rings. The summed E-state index contributed by atoms with van der Waals surface area (Å²) < 4.78 is 0. The monoisotopic (exact) mass is 277 g/mol. The Labute approximate surface area is 120 Å². The summed E-state index contributed by atoms with van der Waals surface area (Å²) >= 11 is 0. The summed E-state index contributed by atoms with van der Waals surface area (Å²) in [6.07, 6.45) is 3.25. The minimum Gasteiger partial charge on any atom is -0.322 e. The van der Waals surface area contributed by atoms with Gasteiger partial charge in [-0.3, -0.25) is 4.79 Å². The summed E-state index contributed by atoms with van der Waals surface area (Å²) in [7, 11) is 0. The smallest absolute Gasteiger partial charge is 0.238 e. The molecule has 21 heavy (non-hydrogen) atoms. The van der Waals surface area contributed by atoms with Gasteiger partial charge in [0, 0.05) is 18.0 Å². The van der Waals surface area contributed by atoms with Gasteiger partial charge in [0.05, 0.1) is 11.0 Å². The van der Waals surface area contributed by atoms with Gasteiger partial charge in [-0.1, -0.05) is 18.2 Å². The van der Waals surface area contributed by atoms with Crippen LogP contribution in [0.25, 0.3) is 11.0 Å². The molecular weight excluding hydrogens is 266 g/mol. The van der Waals surface area contributed by atoms with E-state index in [1.807, 2.05) is 30.3 Å². The van der Waals surface area contributed by atoms with Crippen LogP contribution in [0.5, 0.6) is 0 Å². The molecule has 2 aromatic heterocycles. The summed E-state index contributed by atoms with van der Waals surface area (Å²) in [6.45, 7) is 0. The molecule has 0 saturated carbocycles. The van der Waals surface area contributed by atoms with E-state index >= 15 is 0 Å². The molecule has 0 saturated heterocycles. The molecule has 1 atom stereocenters. The van der Waals surface area contributed by atoms with Crippen molar-refractivity contribution in [3.05, 3.63) is 48.2 Å². The molecule has 0 spiro atoms. The Morgan fingerprint density at radius 3 is 3.00 bits per heavy atom. The first-order valence-corrected chi connectivity index (χ1v) is 6.56. The second-order valence-corrected chi connectivity index (χ2v) is 4.76. The third-order valence-corrected chi connectivity index (χ3v) is 3.42. The number of fused-ring (bicyclic) bond motifs is 2. The maximum absolute atomic E-state index is 12.0. The van der Waals surface area contributed by atoms with Crippen LogP contribution in [0.2, 0.25) is 0 Å². The number of rotatable bonds is 2. The van der Waals surface area contributed by atoms with E-state index in [1.54, 1.807) is 18.5 Å². The number of aliphatic imine (C=N–C) groups is 1. The summed E-state index contributed by atoms with van der Waals surface area (Å²) in [4.78, 5) is 27.8. The molecule has 3 aromatic rings. The van der Waals surface area contributed by atoms with Crippen LogP contribution in [0.1, 0.15) is 11.5 Å². The number of H-pyrrole nitrogens is 1. The van der Waals surface area contributed by atoms with Crippen molar-refractivity contribution in [3.8, 4) is 0 Å². The van der Waals surface area contributed by atoms with Crippen LogP contribution >= 0.6 is 0 Å². The minimum atomic E-state index is -0.429. The maximum Gasteiger partial charge on any atom is 0.238 e. The normalized spacial score (nSPS) is 17.3. The minimum absolute atomic E-state index is 0.122. The fourth-order valence-corrected chi connectivity index (χ4v) is 2.40. The fourth-order valence-electron chi connectivity index (χ4n) is 2.40. The van der Waals surface area contributed by atoms with Gasteiger partial charge in [0.25, 0.3) is 0 Å². The van der Waals surface area contributed by atoms with Crippen LogP contribution < -0.4 is 5.32 Å². The first-order chi connectivity index (χ1) is 10.3. The Bertz CT molecular complexity index is 834. The van der Waals surface area contributed by atoms with Gasteiger partial charge in [0.2, 0.25) is 11.9 Å². The van der Waals surface area contributed by atoms with E-state index in [0.717, 1.165) is 16.6 Å². The molecule has 6 nitrogen and oxygen atoms in total. The zero-order valence-electron chi connectivity index (χ0n) is 10.9. The second kappa shape index (κ2) is 4.52. The molecule has 1 aliphatic rings. The molecule has 1 unspecified atom stereocenters. The standard InChI is InChI=1S/C15H11N5O/c21-14-10(9-4-3-7-16-13(9)20-14)8-17-15-18-11-5-1-2-6-12(11)19-15/h1-8,10H,(H,18,19)(H,16,20,21). The average Bonchev–Trinajstić information content (AvgIpc) is 3.04. The number of aromatic nitrogens is 3. The van der Waals surface area contributed by atoms with Crippen molar-refractivity contribution in [1.82, 2.24) is 15.0 Å². The van der Waals surface area contributed by atoms with Gasteiger partial charge in [-0.25, -0.2) is 15.0 Å². The highest BCUT2D eigenvalue weighted by Crippen LogP contribution is 2.29. The Hall–Kier alpha value is -3.02. The van der Waals surface area contributed by atoms with E-state index in [1.165, 1.54) is 0 Å². The van der Waals surface area contributed by atoms with Gasteiger partial charge in [0.15, 0.2) is 0 Å². The fraction of sp³-hybridized carbons (Fsp3) is 0.0667. The topological polar surface area (TPSA) is 83.0 Å². The highest BCUT2D eigenvalue weighted by atomic mass is 16.2. The zero-order valence-corrected chi connectivity index (χ0v) is 10.9. The number of carbonyl (C=O) groups excluding carboxylic acids is 1. The molecule has 0 aliphatic carbocycles. The molecular formula is C15H11N5O. The number of nitrogens with zero attached hydrogens (tertiary/aromatic N) is 3. The summed E-state index contributed by atoms with van der Waals surface area (Å²) in [6, 6.07) is 11.4. The third-order valence-electron chi connectivity index (χ3n) is 3.42. The van der Waals surface area contributed by atoms with E-state index in [-0.39, 0.29) is 5.91 Å². The largest absolute Gasteiger partial charge is 0.322 e. The van der Waals surface area contributed by atoms with E-state index in [0.29, 0.717) is 11.8 Å². The molecule has 1 aromatic carbocycles. The van der Waals surface area contributed by atoms with Gasteiger partial charge in [-0.05, 0) is 18.2 Å². The van der Waals surface area contributed by atoms with Crippen LogP contribution in [0.15, 0.2) is 47.6 Å². The lowest BCUT2D eigenvalue weighted by molar-refractivity contribution is -0.115. The first-order valence-electron chi connectivity index (χ1n) is 6.56. The number of aromatic amines is 1. The van der Waals surface area contributed by atoms with Crippen molar-refractivity contribution in [2.45, 2.75) is 5.92 Å². The lowest BCUT2D eigenvalue weighted by atomic mass is 10.0. The first kappa shape index (κ1) is 11.8. The van der Waals surface area contributed by atoms with Gasteiger partial charge in [0.1, 0.15) is 11.7 Å². The molecule has 0 radical (unpaired) electrons. The summed E-state index contributed by atoms with van der Waals surface area (Å²) in [5.74, 6) is 0.537. The number of para-hydroxylation sites is 2. The van der Waals surface area contributed by atoms with Crippen molar-refractivity contribution in [2.24, 2.45) is 4.99 Å². The van der Waals surface area contributed by atoms with Crippen LogP contribution in [0.3, 0.4) is 0 Å². The predicted molar refractivity (Wildman–Crippen MR) is 79.9 cm³/mol. The van der Waals surface area contributed by atoms with Gasteiger partial charge >= 0.3 is 0 Å². The highest BCUT2D eigenvalue weighted by molar-refractivity contribution is 6.11. The third kappa shape index (κ3) is 1.97.